The SMILES string of the molecule is COc1ccc(-n2ncnc2CNC2CC2)cc1. The molecule has 0 spiro atoms. The molecule has 2 aromatic rings. The first kappa shape index (κ1) is 11.2. The number of benzene rings is 1. The molecular weight excluding hydrogens is 228 g/mol. The van der Waals surface area contributed by atoms with Gasteiger partial charge in [0.2, 0.25) is 0 Å². The molecule has 0 unspecified atom stereocenters. The van der Waals surface area contributed by atoms with E-state index in [9.17, 15) is 0 Å². The van der Waals surface area contributed by atoms with Crippen LogP contribution in [0.4, 0.5) is 0 Å². The molecular formula is C13H16N4O. The van der Waals surface area contributed by atoms with E-state index in [4.69, 9.17) is 4.74 Å². The normalized spacial score (nSPS) is 14.7. The van der Waals surface area contributed by atoms with Gasteiger partial charge in [-0.2, -0.15) is 5.10 Å². The maximum absolute atomic E-state index is 5.15. The van der Waals surface area contributed by atoms with Crippen molar-refractivity contribution in [2.24, 2.45) is 0 Å². The van der Waals surface area contributed by atoms with E-state index in [0.29, 0.717) is 6.04 Å². The molecule has 1 aliphatic carbocycles. The van der Waals surface area contributed by atoms with Crippen LogP contribution in [-0.2, 0) is 6.54 Å². The summed E-state index contributed by atoms with van der Waals surface area (Å²) in [6.45, 7) is 0.761. The Morgan fingerprint density at radius 1 is 1.33 bits per heavy atom. The van der Waals surface area contributed by atoms with Crippen molar-refractivity contribution in [1.82, 2.24) is 20.1 Å². The van der Waals surface area contributed by atoms with E-state index in [1.807, 2.05) is 28.9 Å². The van der Waals surface area contributed by atoms with Crippen molar-refractivity contribution in [2.75, 3.05) is 7.11 Å². The molecule has 1 aromatic heterocycles. The summed E-state index contributed by atoms with van der Waals surface area (Å²) < 4.78 is 7.00. The van der Waals surface area contributed by atoms with Crippen molar-refractivity contribution in [1.29, 1.82) is 0 Å². The number of nitrogens with zero attached hydrogens (tertiary/aromatic N) is 3. The standard InChI is InChI=1S/C13H16N4O/c1-18-12-6-4-11(5-7-12)17-13(15-9-16-17)8-14-10-2-3-10/h4-7,9-10,14H,2-3,8H2,1H3. The highest BCUT2D eigenvalue weighted by molar-refractivity contribution is 5.37. The summed E-state index contributed by atoms with van der Waals surface area (Å²) in [6.07, 6.45) is 4.14. The van der Waals surface area contributed by atoms with Crippen LogP contribution >= 0.6 is 0 Å². The summed E-state index contributed by atoms with van der Waals surface area (Å²) in [5, 5.41) is 7.71. The fourth-order valence-electron chi connectivity index (χ4n) is 1.85. The van der Waals surface area contributed by atoms with Crippen molar-refractivity contribution in [3.05, 3.63) is 36.4 Å². The predicted molar refractivity (Wildman–Crippen MR) is 67.8 cm³/mol. The Morgan fingerprint density at radius 3 is 2.78 bits per heavy atom. The molecule has 0 amide bonds. The molecule has 3 rings (SSSR count). The minimum Gasteiger partial charge on any atom is -0.497 e. The fourth-order valence-corrected chi connectivity index (χ4v) is 1.85. The molecule has 1 aliphatic rings. The second kappa shape index (κ2) is 4.78. The van der Waals surface area contributed by atoms with E-state index in [1.54, 1.807) is 13.4 Å². The molecule has 18 heavy (non-hydrogen) atoms. The van der Waals surface area contributed by atoms with Crippen LogP contribution < -0.4 is 10.1 Å². The van der Waals surface area contributed by atoms with Gasteiger partial charge in [-0.1, -0.05) is 0 Å². The maximum Gasteiger partial charge on any atom is 0.146 e. The zero-order chi connectivity index (χ0) is 12.4. The smallest absolute Gasteiger partial charge is 0.146 e. The predicted octanol–water partition coefficient (Wildman–Crippen LogP) is 1.53. The van der Waals surface area contributed by atoms with E-state index in [0.717, 1.165) is 23.8 Å². The first-order valence-electron chi connectivity index (χ1n) is 6.13. The summed E-state index contributed by atoms with van der Waals surface area (Å²) in [4.78, 5) is 4.29. The quantitative estimate of drug-likeness (QED) is 0.866. The zero-order valence-corrected chi connectivity index (χ0v) is 10.3. The van der Waals surface area contributed by atoms with E-state index < -0.39 is 0 Å². The van der Waals surface area contributed by atoms with Crippen LogP contribution in [0.5, 0.6) is 5.75 Å². The lowest BCUT2D eigenvalue weighted by Gasteiger charge is -2.07. The van der Waals surface area contributed by atoms with Crippen molar-refractivity contribution in [3.63, 3.8) is 0 Å². The Bertz CT molecular complexity index is 516. The summed E-state index contributed by atoms with van der Waals surface area (Å²) in [6, 6.07) is 8.48. The molecule has 0 saturated heterocycles. The largest absolute Gasteiger partial charge is 0.497 e. The Hall–Kier alpha value is -1.88. The zero-order valence-electron chi connectivity index (χ0n) is 10.3. The molecule has 1 fully saturated rings. The van der Waals surface area contributed by atoms with Gasteiger partial charge in [0.05, 0.1) is 19.3 Å². The van der Waals surface area contributed by atoms with Crippen LogP contribution in [-0.4, -0.2) is 27.9 Å². The van der Waals surface area contributed by atoms with Crippen LogP contribution in [0.1, 0.15) is 18.7 Å². The summed E-state index contributed by atoms with van der Waals surface area (Å²) >= 11 is 0. The van der Waals surface area contributed by atoms with Crippen LogP contribution in [0.2, 0.25) is 0 Å². The topological polar surface area (TPSA) is 52.0 Å². The van der Waals surface area contributed by atoms with Crippen molar-refractivity contribution in [3.8, 4) is 11.4 Å². The van der Waals surface area contributed by atoms with E-state index in [1.165, 1.54) is 12.8 Å². The molecule has 0 aliphatic heterocycles. The highest BCUT2D eigenvalue weighted by Crippen LogP contribution is 2.19. The maximum atomic E-state index is 5.15. The van der Waals surface area contributed by atoms with Gasteiger partial charge in [-0.05, 0) is 37.1 Å². The van der Waals surface area contributed by atoms with Gasteiger partial charge >= 0.3 is 0 Å². The average Bonchev–Trinajstić information content (AvgIpc) is 3.14. The molecule has 94 valence electrons. The molecule has 1 N–H and O–H groups in total. The molecule has 1 aromatic carbocycles. The van der Waals surface area contributed by atoms with Gasteiger partial charge in [-0.25, -0.2) is 9.67 Å². The van der Waals surface area contributed by atoms with Crippen LogP contribution in [0.25, 0.3) is 5.69 Å². The van der Waals surface area contributed by atoms with Gasteiger partial charge in [0.15, 0.2) is 0 Å². The lowest BCUT2D eigenvalue weighted by molar-refractivity contribution is 0.414. The molecule has 5 heteroatoms. The second-order valence-electron chi connectivity index (χ2n) is 4.44. The third-order valence-corrected chi connectivity index (χ3v) is 3.06. The van der Waals surface area contributed by atoms with Gasteiger partial charge in [-0.3, -0.25) is 0 Å². The van der Waals surface area contributed by atoms with Gasteiger partial charge in [0.1, 0.15) is 17.9 Å². The van der Waals surface area contributed by atoms with Crippen LogP contribution in [0.3, 0.4) is 0 Å². The van der Waals surface area contributed by atoms with Crippen LogP contribution in [0, 0.1) is 0 Å². The molecule has 5 nitrogen and oxygen atoms in total. The second-order valence-corrected chi connectivity index (χ2v) is 4.44. The van der Waals surface area contributed by atoms with Gasteiger partial charge in [-0.15, -0.1) is 0 Å². The molecule has 0 atom stereocenters. The lowest BCUT2D eigenvalue weighted by Crippen LogP contribution is -2.18. The summed E-state index contributed by atoms with van der Waals surface area (Å²) in [7, 11) is 1.66. The van der Waals surface area contributed by atoms with E-state index >= 15 is 0 Å². The molecule has 1 saturated carbocycles. The lowest BCUT2D eigenvalue weighted by atomic mass is 10.3. The monoisotopic (exact) mass is 244 g/mol. The minimum absolute atomic E-state index is 0.672. The van der Waals surface area contributed by atoms with Crippen molar-refractivity contribution >= 4 is 0 Å². The number of ether oxygens (including phenoxy) is 1. The number of rotatable bonds is 5. The Morgan fingerprint density at radius 2 is 2.11 bits per heavy atom. The van der Waals surface area contributed by atoms with Crippen molar-refractivity contribution in [2.45, 2.75) is 25.4 Å². The van der Waals surface area contributed by atoms with Gasteiger partial charge < -0.3 is 10.1 Å². The number of hydrogen-bond acceptors (Lipinski definition) is 4. The van der Waals surface area contributed by atoms with Crippen LogP contribution in [0.15, 0.2) is 30.6 Å². The number of methoxy groups -OCH3 is 1. The third kappa shape index (κ3) is 2.36. The third-order valence-electron chi connectivity index (χ3n) is 3.06. The summed E-state index contributed by atoms with van der Waals surface area (Å²) in [5.74, 6) is 1.78. The number of aromatic nitrogens is 3. The van der Waals surface area contributed by atoms with Crippen molar-refractivity contribution < 1.29 is 4.74 Å². The van der Waals surface area contributed by atoms with Gasteiger partial charge in [0.25, 0.3) is 0 Å². The highest BCUT2D eigenvalue weighted by atomic mass is 16.5. The van der Waals surface area contributed by atoms with Gasteiger partial charge in [0, 0.05) is 6.04 Å². The van der Waals surface area contributed by atoms with E-state index in [-0.39, 0.29) is 0 Å². The molecule has 0 radical (unpaired) electrons. The summed E-state index contributed by atoms with van der Waals surface area (Å²) in [5.41, 5.74) is 1.00. The first-order chi connectivity index (χ1) is 8.86. The molecule has 1 heterocycles. The Balaban J connectivity index is 1.78. The Kier molecular flexibility index (Phi) is 2.98. The number of hydrogen-bond donors (Lipinski definition) is 1. The molecule has 0 bridgehead atoms. The highest BCUT2D eigenvalue weighted by Gasteiger charge is 2.21. The average molecular weight is 244 g/mol. The fraction of sp³-hybridized carbons (Fsp3) is 0.385. The Labute approximate surface area is 106 Å². The minimum atomic E-state index is 0.672. The van der Waals surface area contributed by atoms with E-state index in [2.05, 4.69) is 15.4 Å². The first-order valence-corrected chi connectivity index (χ1v) is 6.13. The number of nitrogens with one attached hydrogen (secondary N) is 1.